The van der Waals surface area contributed by atoms with E-state index in [0.717, 1.165) is 55.7 Å². The van der Waals surface area contributed by atoms with E-state index in [1.165, 1.54) is 6.07 Å². The molecule has 0 spiro atoms. The topological polar surface area (TPSA) is 61.6 Å². The maximum atomic E-state index is 14.3. The lowest BCUT2D eigenvalue weighted by Gasteiger charge is -2.35. The van der Waals surface area contributed by atoms with Crippen LogP contribution in [0.25, 0.3) is 0 Å². The SMILES string of the molecule is CC[C@@H](C)[C@H](C(=O)O)N1C[C@H](CN2CCC(c3cc(Cc4cc(C(F)(F)F)cc(C(F)(F)F)c4)nn3CC)CC2)[C@@H](c2cccc(F)c2)C1. The number of piperidine rings is 1. The van der Waals surface area contributed by atoms with Crippen LogP contribution in [-0.4, -0.2) is 69.4 Å². The fourth-order valence-corrected chi connectivity index (χ4v) is 7.64. The van der Waals surface area contributed by atoms with E-state index in [-0.39, 0.29) is 47.5 Å². The predicted octanol–water partition coefficient (Wildman–Crippen LogP) is 8.06. The average Bonchev–Trinajstić information content (AvgIpc) is 3.64. The van der Waals surface area contributed by atoms with E-state index < -0.39 is 35.5 Å². The Hall–Kier alpha value is -3.45. The molecule has 0 unspecified atom stereocenters. The Balaban J connectivity index is 1.29. The number of halogens is 7. The number of benzene rings is 2. The van der Waals surface area contributed by atoms with Crippen LogP contribution in [0.2, 0.25) is 0 Å². The second kappa shape index (κ2) is 14.8. The number of carbonyl (C=O) groups is 1. The Bertz CT molecular complexity index is 1560. The van der Waals surface area contributed by atoms with Gasteiger partial charge in [0.2, 0.25) is 0 Å². The Morgan fingerprint density at radius 2 is 1.61 bits per heavy atom. The summed E-state index contributed by atoms with van der Waals surface area (Å²) in [6.07, 6.45) is -7.73. The molecule has 2 saturated heterocycles. The molecule has 2 aromatic carbocycles. The first-order chi connectivity index (χ1) is 23.1. The molecule has 5 rings (SSSR count). The van der Waals surface area contributed by atoms with Crippen molar-refractivity contribution in [1.82, 2.24) is 19.6 Å². The van der Waals surface area contributed by atoms with Gasteiger partial charge in [-0.05, 0) is 92.2 Å². The smallest absolute Gasteiger partial charge is 0.416 e. The molecule has 4 atom stereocenters. The van der Waals surface area contributed by atoms with Gasteiger partial charge in [-0.3, -0.25) is 14.4 Å². The van der Waals surface area contributed by atoms with E-state index in [4.69, 9.17) is 0 Å². The van der Waals surface area contributed by atoms with Crippen LogP contribution >= 0.6 is 0 Å². The van der Waals surface area contributed by atoms with Crippen molar-refractivity contribution >= 4 is 5.97 Å². The minimum absolute atomic E-state index is 0.0304. The fourth-order valence-electron chi connectivity index (χ4n) is 7.64. The maximum Gasteiger partial charge on any atom is 0.416 e. The van der Waals surface area contributed by atoms with Crippen LogP contribution in [0, 0.1) is 17.7 Å². The van der Waals surface area contributed by atoms with Crippen molar-refractivity contribution in [1.29, 1.82) is 0 Å². The highest BCUT2D eigenvalue weighted by Crippen LogP contribution is 2.39. The summed E-state index contributed by atoms with van der Waals surface area (Å²) >= 11 is 0. The number of nitrogens with zero attached hydrogens (tertiary/aromatic N) is 4. The molecule has 3 heterocycles. The molecule has 2 fully saturated rings. The number of carboxylic acids is 1. The third kappa shape index (κ3) is 8.65. The molecule has 0 amide bonds. The van der Waals surface area contributed by atoms with Crippen molar-refractivity contribution in [2.75, 3.05) is 32.7 Å². The Kier molecular flexibility index (Phi) is 11.1. The maximum absolute atomic E-state index is 14.3. The molecule has 2 aliphatic heterocycles. The summed E-state index contributed by atoms with van der Waals surface area (Å²) in [4.78, 5) is 16.7. The summed E-state index contributed by atoms with van der Waals surface area (Å²) in [5, 5.41) is 14.6. The van der Waals surface area contributed by atoms with Gasteiger partial charge in [-0.25, -0.2) is 4.39 Å². The number of carboxylic acid groups (broad SMARTS) is 1. The molecule has 49 heavy (non-hydrogen) atoms. The second-order valence-corrected chi connectivity index (χ2v) is 13.6. The van der Waals surface area contributed by atoms with Crippen molar-refractivity contribution < 1.29 is 40.6 Å². The number of aromatic nitrogens is 2. The molecule has 13 heteroatoms. The first-order valence-electron chi connectivity index (χ1n) is 16.9. The number of aliphatic carboxylic acids is 1. The molecule has 0 aliphatic carbocycles. The predicted molar refractivity (Wildman–Crippen MR) is 171 cm³/mol. The molecule has 2 aliphatic rings. The fraction of sp³-hybridized carbons (Fsp3) is 0.556. The number of hydrogen-bond acceptors (Lipinski definition) is 4. The molecule has 0 radical (unpaired) electrons. The Labute approximate surface area is 281 Å². The minimum atomic E-state index is -4.92. The summed E-state index contributed by atoms with van der Waals surface area (Å²) in [5.74, 6) is -1.06. The first-order valence-corrected chi connectivity index (χ1v) is 16.9. The summed E-state index contributed by atoms with van der Waals surface area (Å²) in [6.45, 7) is 9.64. The number of alkyl halides is 6. The van der Waals surface area contributed by atoms with E-state index in [9.17, 15) is 40.6 Å². The lowest BCUT2D eigenvalue weighted by Crippen LogP contribution is -2.45. The van der Waals surface area contributed by atoms with Crippen LogP contribution in [0.3, 0.4) is 0 Å². The molecule has 6 nitrogen and oxygen atoms in total. The number of aryl methyl sites for hydroxylation is 1. The zero-order valence-electron chi connectivity index (χ0n) is 27.9. The van der Waals surface area contributed by atoms with Gasteiger partial charge in [0.25, 0.3) is 0 Å². The average molecular weight is 697 g/mol. The zero-order chi connectivity index (χ0) is 35.7. The molecule has 0 bridgehead atoms. The summed E-state index contributed by atoms with van der Waals surface area (Å²) in [6, 6.07) is 9.34. The van der Waals surface area contributed by atoms with E-state index in [1.54, 1.807) is 22.9 Å². The summed E-state index contributed by atoms with van der Waals surface area (Å²) < 4.78 is 96.6. The molecule has 1 aromatic heterocycles. The second-order valence-electron chi connectivity index (χ2n) is 13.6. The van der Waals surface area contributed by atoms with Gasteiger partial charge in [0.05, 0.1) is 16.8 Å². The zero-order valence-corrected chi connectivity index (χ0v) is 27.9. The first kappa shape index (κ1) is 36.8. The molecule has 268 valence electrons. The lowest BCUT2D eigenvalue weighted by atomic mass is 9.87. The quantitative estimate of drug-likeness (QED) is 0.206. The highest BCUT2D eigenvalue weighted by molar-refractivity contribution is 5.74. The minimum Gasteiger partial charge on any atom is -0.480 e. The number of hydrogen-bond donors (Lipinski definition) is 1. The molecule has 3 aromatic rings. The van der Waals surface area contributed by atoms with Gasteiger partial charge < -0.3 is 10.0 Å². The van der Waals surface area contributed by atoms with Gasteiger partial charge in [-0.2, -0.15) is 31.4 Å². The van der Waals surface area contributed by atoms with E-state index in [2.05, 4.69) is 10.00 Å². The van der Waals surface area contributed by atoms with E-state index >= 15 is 0 Å². The highest BCUT2D eigenvalue weighted by atomic mass is 19.4. The monoisotopic (exact) mass is 696 g/mol. The van der Waals surface area contributed by atoms with Crippen LogP contribution in [0.15, 0.2) is 48.5 Å². The van der Waals surface area contributed by atoms with Crippen molar-refractivity contribution in [2.45, 2.75) is 83.2 Å². The molecular weight excluding hydrogens is 653 g/mol. The standard InChI is InChI=1S/C36H43F7N4O2/c1-4-22(3)33(34(48)49)46-20-26(31(21-46)25-7-6-8-29(37)16-25)19-45-11-9-24(10-12-45)32-18-30(44-47(32)5-2)15-23-13-27(35(38,39)40)17-28(14-23)36(41,42)43/h6-8,13-14,16-18,22,24,26,31,33H,4-5,9-12,15,19-21H2,1-3H3,(H,48,49)/t22-,26+,31-,33-/m1/s1. The van der Waals surface area contributed by atoms with Gasteiger partial charge in [-0.1, -0.05) is 32.4 Å². The lowest BCUT2D eigenvalue weighted by molar-refractivity contribution is -0.145. The summed E-state index contributed by atoms with van der Waals surface area (Å²) in [5.41, 5.74) is -0.626. The highest BCUT2D eigenvalue weighted by Gasteiger charge is 2.42. The van der Waals surface area contributed by atoms with Crippen molar-refractivity contribution in [2.24, 2.45) is 11.8 Å². The van der Waals surface area contributed by atoms with Gasteiger partial charge in [0.1, 0.15) is 11.9 Å². The third-order valence-electron chi connectivity index (χ3n) is 10.3. The third-order valence-corrected chi connectivity index (χ3v) is 10.3. The van der Waals surface area contributed by atoms with Gasteiger partial charge >= 0.3 is 18.3 Å². The van der Waals surface area contributed by atoms with E-state index in [1.807, 2.05) is 31.7 Å². The largest absolute Gasteiger partial charge is 0.480 e. The number of likely N-dealkylation sites (tertiary alicyclic amines) is 2. The molecule has 1 N–H and O–H groups in total. The van der Waals surface area contributed by atoms with Crippen molar-refractivity contribution in [3.63, 3.8) is 0 Å². The number of rotatable bonds is 11. The van der Waals surface area contributed by atoms with Crippen LogP contribution < -0.4 is 0 Å². The Morgan fingerprint density at radius 1 is 0.959 bits per heavy atom. The van der Waals surface area contributed by atoms with Gasteiger partial charge in [0, 0.05) is 50.1 Å². The van der Waals surface area contributed by atoms with Gasteiger partial charge in [-0.15, -0.1) is 0 Å². The van der Waals surface area contributed by atoms with Crippen LogP contribution in [0.1, 0.15) is 85.5 Å². The van der Waals surface area contributed by atoms with Crippen LogP contribution in [-0.2, 0) is 30.1 Å². The van der Waals surface area contributed by atoms with Crippen LogP contribution in [0.4, 0.5) is 30.7 Å². The van der Waals surface area contributed by atoms with Crippen molar-refractivity contribution in [3.05, 3.63) is 88.0 Å². The van der Waals surface area contributed by atoms with Gasteiger partial charge in [0.15, 0.2) is 0 Å². The van der Waals surface area contributed by atoms with Crippen molar-refractivity contribution in [3.8, 4) is 0 Å². The molecular formula is C36H43F7N4O2. The Morgan fingerprint density at radius 3 is 2.16 bits per heavy atom. The van der Waals surface area contributed by atoms with E-state index in [0.29, 0.717) is 31.9 Å². The summed E-state index contributed by atoms with van der Waals surface area (Å²) in [7, 11) is 0. The van der Waals surface area contributed by atoms with Crippen LogP contribution in [0.5, 0.6) is 0 Å². The molecule has 0 saturated carbocycles. The normalized spacial score (nSPS) is 21.3.